The number of H-pyrrole nitrogens is 1. The van der Waals surface area contributed by atoms with Gasteiger partial charge in [0.25, 0.3) is 0 Å². The second-order valence-electron chi connectivity index (χ2n) is 10.3. The average Bonchev–Trinajstić information content (AvgIpc) is 3.29. The first-order valence-electron chi connectivity index (χ1n) is 12.8. The number of nitrogens with zero attached hydrogens (tertiary/aromatic N) is 4. The highest BCUT2D eigenvalue weighted by atomic mass is 35.5. The van der Waals surface area contributed by atoms with Crippen LogP contribution in [0.5, 0.6) is 0 Å². The molecule has 2 aromatic heterocycles. The number of anilines is 4. The molecule has 4 N–H and O–H groups in total. The molecule has 36 heavy (non-hydrogen) atoms. The molecule has 2 aliphatic rings. The molecule has 5 rings (SSSR count). The van der Waals surface area contributed by atoms with Crippen molar-refractivity contribution in [3.05, 3.63) is 52.1 Å². The van der Waals surface area contributed by atoms with E-state index >= 15 is 4.39 Å². The summed E-state index contributed by atoms with van der Waals surface area (Å²) in [5.74, 6) is 1.07. The van der Waals surface area contributed by atoms with Crippen LogP contribution in [0.3, 0.4) is 0 Å². The third-order valence-electron chi connectivity index (χ3n) is 7.72. The van der Waals surface area contributed by atoms with E-state index in [4.69, 9.17) is 11.6 Å². The molecule has 1 saturated heterocycles. The number of hydroxylamine groups is 3. The van der Waals surface area contributed by atoms with Crippen LogP contribution in [0, 0.1) is 19.7 Å². The van der Waals surface area contributed by atoms with Gasteiger partial charge in [0.05, 0.1) is 11.9 Å². The normalized spacial score (nSPS) is 23.0. The van der Waals surface area contributed by atoms with E-state index in [-0.39, 0.29) is 22.3 Å². The van der Waals surface area contributed by atoms with E-state index in [1.807, 2.05) is 26.0 Å². The third-order valence-corrected chi connectivity index (χ3v) is 8.00. The highest BCUT2D eigenvalue weighted by molar-refractivity contribution is 6.32. The SMILES string of the molecule is Cc1cc(Nc2nc(Nc3cc(C)c(C4CC[N+](O)(C5CCCCC5)CC4)cc3F)ncc2Cl)n[nH]1. The van der Waals surface area contributed by atoms with E-state index in [9.17, 15) is 5.21 Å². The van der Waals surface area contributed by atoms with Gasteiger partial charge in [0.1, 0.15) is 30.0 Å². The van der Waals surface area contributed by atoms with Crippen molar-refractivity contribution < 1.29 is 14.2 Å². The number of aromatic amines is 1. The fourth-order valence-corrected chi connectivity index (χ4v) is 5.86. The topological polar surface area (TPSA) is 98.8 Å². The number of likely N-dealkylation sites (tertiary alicyclic amines) is 1. The first kappa shape index (κ1) is 24.9. The van der Waals surface area contributed by atoms with Crippen molar-refractivity contribution in [1.29, 1.82) is 0 Å². The molecule has 3 heterocycles. The summed E-state index contributed by atoms with van der Waals surface area (Å²) in [6.45, 7) is 5.37. The Morgan fingerprint density at radius 2 is 1.81 bits per heavy atom. The molecule has 0 unspecified atom stereocenters. The van der Waals surface area contributed by atoms with Gasteiger partial charge in [-0.15, -0.1) is 0 Å². The lowest BCUT2D eigenvalue weighted by atomic mass is 9.84. The number of aromatic nitrogens is 4. The van der Waals surface area contributed by atoms with E-state index in [0.717, 1.165) is 55.6 Å². The van der Waals surface area contributed by atoms with E-state index in [1.54, 1.807) is 6.07 Å². The van der Waals surface area contributed by atoms with Crippen molar-refractivity contribution in [3.8, 4) is 0 Å². The minimum absolute atomic E-state index is 0.194. The van der Waals surface area contributed by atoms with Gasteiger partial charge in [-0.05, 0) is 55.9 Å². The van der Waals surface area contributed by atoms with Crippen molar-refractivity contribution >= 4 is 34.9 Å². The maximum atomic E-state index is 15.2. The number of aryl methyl sites for hydroxylation is 2. The number of nitrogens with one attached hydrogen (secondary N) is 3. The molecule has 0 spiro atoms. The Balaban J connectivity index is 1.28. The lowest BCUT2D eigenvalue weighted by Crippen LogP contribution is -2.57. The van der Waals surface area contributed by atoms with Crippen LogP contribution < -0.4 is 10.6 Å². The number of benzene rings is 1. The second kappa shape index (κ2) is 10.3. The first-order chi connectivity index (χ1) is 17.3. The van der Waals surface area contributed by atoms with E-state index in [0.29, 0.717) is 28.4 Å². The summed E-state index contributed by atoms with van der Waals surface area (Å²) >= 11 is 6.24. The van der Waals surface area contributed by atoms with Crippen molar-refractivity contribution in [2.75, 3.05) is 23.7 Å². The van der Waals surface area contributed by atoms with Crippen LogP contribution in [0.4, 0.5) is 27.7 Å². The Labute approximate surface area is 215 Å². The van der Waals surface area contributed by atoms with Crippen LogP contribution >= 0.6 is 11.6 Å². The summed E-state index contributed by atoms with van der Waals surface area (Å²) in [5, 5.41) is 24.6. The molecule has 10 heteroatoms. The lowest BCUT2D eigenvalue weighted by Gasteiger charge is -2.43. The second-order valence-corrected chi connectivity index (χ2v) is 10.7. The Kier molecular flexibility index (Phi) is 7.14. The monoisotopic (exact) mass is 514 g/mol. The Bertz CT molecular complexity index is 1220. The van der Waals surface area contributed by atoms with Gasteiger partial charge in [0, 0.05) is 37.4 Å². The summed E-state index contributed by atoms with van der Waals surface area (Å²) in [5.41, 5.74) is 3.24. The quantitative estimate of drug-likeness (QED) is 0.280. The molecule has 3 aromatic rings. The molecule has 192 valence electrons. The van der Waals surface area contributed by atoms with Crippen LogP contribution in [0.1, 0.15) is 67.7 Å². The summed E-state index contributed by atoms with van der Waals surface area (Å²) < 4.78 is 15.4. The smallest absolute Gasteiger partial charge is 0.229 e. The minimum Gasteiger partial charge on any atom is -0.322 e. The van der Waals surface area contributed by atoms with Crippen molar-refractivity contribution in [1.82, 2.24) is 20.2 Å². The zero-order valence-corrected chi connectivity index (χ0v) is 21.6. The Hall–Kier alpha value is -2.75. The maximum absolute atomic E-state index is 15.2. The molecule has 0 radical (unpaired) electrons. The molecule has 8 nitrogen and oxygen atoms in total. The predicted molar refractivity (Wildman–Crippen MR) is 139 cm³/mol. The van der Waals surface area contributed by atoms with Crippen molar-refractivity contribution in [2.24, 2.45) is 0 Å². The first-order valence-corrected chi connectivity index (χ1v) is 13.2. The molecule has 0 bridgehead atoms. The highest BCUT2D eigenvalue weighted by Gasteiger charge is 2.41. The Morgan fingerprint density at radius 1 is 1.06 bits per heavy atom. The number of hydrogen-bond donors (Lipinski definition) is 4. The number of quaternary nitrogens is 1. The van der Waals surface area contributed by atoms with Crippen LogP contribution in [0.15, 0.2) is 24.4 Å². The van der Waals surface area contributed by atoms with Crippen LogP contribution in [0.2, 0.25) is 5.02 Å². The zero-order valence-electron chi connectivity index (χ0n) is 20.8. The van der Waals surface area contributed by atoms with Gasteiger partial charge in [-0.25, -0.2) is 14.6 Å². The van der Waals surface area contributed by atoms with Gasteiger partial charge in [0.15, 0.2) is 11.6 Å². The highest BCUT2D eigenvalue weighted by Crippen LogP contribution is 2.38. The molecule has 1 aromatic carbocycles. The third kappa shape index (κ3) is 5.33. The van der Waals surface area contributed by atoms with Gasteiger partial charge in [-0.2, -0.15) is 14.7 Å². The van der Waals surface area contributed by atoms with Gasteiger partial charge >= 0.3 is 0 Å². The summed E-state index contributed by atoms with van der Waals surface area (Å²) in [4.78, 5) is 8.61. The average molecular weight is 515 g/mol. The van der Waals surface area contributed by atoms with Gasteiger partial charge in [-0.3, -0.25) is 5.10 Å². The zero-order chi connectivity index (χ0) is 25.3. The molecule has 1 aliphatic carbocycles. The summed E-state index contributed by atoms with van der Waals surface area (Å²) in [6.07, 6.45) is 9.12. The molecular formula is C26H34ClFN7O+. The van der Waals surface area contributed by atoms with Crippen LogP contribution in [-0.2, 0) is 0 Å². The summed E-state index contributed by atoms with van der Waals surface area (Å²) in [7, 11) is 0. The van der Waals surface area contributed by atoms with Gasteiger partial charge in [-0.1, -0.05) is 18.0 Å². The summed E-state index contributed by atoms with van der Waals surface area (Å²) in [6, 6.07) is 5.62. The molecule has 1 saturated carbocycles. The minimum atomic E-state index is -0.353. The van der Waals surface area contributed by atoms with E-state index < -0.39 is 0 Å². The number of halogens is 2. The molecule has 2 fully saturated rings. The number of hydrogen-bond acceptors (Lipinski definition) is 6. The van der Waals surface area contributed by atoms with Crippen LogP contribution in [0.25, 0.3) is 0 Å². The Morgan fingerprint density at radius 3 is 2.50 bits per heavy atom. The standard InChI is InChI=1S/C26H34ClFN7O/c1-16-12-23(30-26-29-15-21(27)25(32-26)31-24-13-17(2)33-34-24)22(28)14-20(16)18-8-10-35(36,11-9-18)19-6-4-3-5-7-19/h12-15,18-19,36H,3-11H2,1-2H3,(H3,29,30,31,32,33,34)/q+1. The molecule has 0 atom stereocenters. The molecule has 1 aliphatic heterocycles. The molecule has 0 amide bonds. The number of piperidine rings is 1. The van der Waals surface area contributed by atoms with E-state index in [1.165, 1.54) is 25.5 Å². The molecular weight excluding hydrogens is 481 g/mol. The number of rotatable bonds is 6. The maximum Gasteiger partial charge on any atom is 0.229 e. The lowest BCUT2D eigenvalue weighted by molar-refractivity contribution is -1.12. The van der Waals surface area contributed by atoms with Crippen LogP contribution in [-0.4, -0.2) is 49.2 Å². The largest absolute Gasteiger partial charge is 0.322 e. The fourth-order valence-electron chi connectivity index (χ4n) is 5.72. The predicted octanol–water partition coefficient (Wildman–Crippen LogP) is 6.51. The van der Waals surface area contributed by atoms with Gasteiger partial charge < -0.3 is 10.6 Å². The fraction of sp³-hybridized carbons (Fsp3) is 0.500. The van der Waals surface area contributed by atoms with E-state index in [2.05, 4.69) is 30.8 Å². The van der Waals surface area contributed by atoms with Crippen molar-refractivity contribution in [2.45, 2.75) is 70.8 Å². The van der Waals surface area contributed by atoms with Crippen molar-refractivity contribution in [3.63, 3.8) is 0 Å². The van der Waals surface area contributed by atoms with Gasteiger partial charge in [0.2, 0.25) is 5.95 Å².